The molecule has 7 heteroatoms. The summed E-state index contributed by atoms with van der Waals surface area (Å²) in [5.41, 5.74) is 1.99. The zero-order chi connectivity index (χ0) is 19.2. The number of nitrogens with zero attached hydrogens (tertiary/aromatic N) is 3. The summed E-state index contributed by atoms with van der Waals surface area (Å²) in [5.74, 6) is -0.793. The first-order valence-corrected chi connectivity index (χ1v) is 9.24. The number of hydrogen-bond donors (Lipinski definition) is 0. The fourth-order valence-electron chi connectivity index (χ4n) is 2.44. The molecule has 0 spiro atoms. The van der Waals surface area contributed by atoms with Gasteiger partial charge in [-0.15, -0.1) is 11.3 Å². The summed E-state index contributed by atoms with van der Waals surface area (Å²) in [6.07, 6.45) is 0.720. The number of benzene rings is 1. The van der Waals surface area contributed by atoms with E-state index in [9.17, 15) is 9.59 Å². The van der Waals surface area contributed by atoms with E-state index in [1.165, 1.54) is 16.2 Å². The number of ether oxygens (including phenoxy) is 1. The Hall–Kier alpha value is -3.06. The average Bonchev–Trinajstić information content (AvgIpc) is 3.15. The summed E-state index contributed by atoms with van der Waals surface area (Å²) in [6.45, 7) is 0. The second kappa shape index (κ2) is 8.55. The topological polar surface area (TPSA) is 72.4 Å². The standard InChI is InChI=1S/C20H19N3O3S/c1-23(2)20(25)18(14-8-4-3-5-9-14)26-17(24)12-15-13-27-19(22-15)16-10-6-7-11-21-16/h3-11,13,18H,12H2,1-2H3/t18-/m0/s1. The third-order valence-electron chi connectivity index (χ3n) is 3.78. The van der Waals surface area contributed by atoms with Gasteiger partial charge in [0.25, 0.3) is 5.91 Å². The minimum absolute atomic E-state index is 0.00657. The van der Waals surface area contributed by atoms with Crippen LogP contribution in [0.1, 0.15) is 17.4 Å². The molecular formula is C20H19N3O3S. The second-order valence-corrected chi connectivity index (χ2v) is 6.91. The van der Waals surface area contributed by atoms with E-state index in [0.29, 0.717) is 11.3 Å². The summed E-state index contributed by atoms with van der Waals surface area (Å²) in [4.78, 5) is 35.0. The molecule has 0 N–H and O–H groups in total. The van der Waals surface area contributed by atoms with Crippen molar-refractivity contribution in [2.45, 2.75) is 12.5 Å². The molecule has 1 amide bonds. The van der Waals surface area contributed by atoms with Crippen molar-refractivity contribution in [1.82, 2.24) is 14.9 Å². The fourth-order valence-corrected chi connectivity index (χ4v) is 3.23. The highest BCUT2D eigenvalue weighted by atomic mass is 32.1. The van der Waals surface area contributed by atoms with Gasteiger partial charge in [0, 0.05) is 31.2 Å². The van der Waals surface area contributed by atoms with E-state index in [2.05, 4.69) is 9.97 Å². The minimum atomic E-state index is -0.970. The number of thiazole rings is 1. The normalized spacial score (nSPS) is 11.6. The zero-order valence-electron chi connectivity index (χ0n) is 15.0. The van der Waals surface area contributed by atoms with Gasteiger partial charge in [0.2, 0.25) is 6.10 Å². The Bertz CT molecular complexity index is 910. The van der Waals surface area contributed by atoms with E-state index >= 15 is 0 Å². The second-order valence-electron chi connectivity index (χ2n) is 6.05. The zero-order valence-corrected chi connectivity index (χ0v) is 15.8. The number of carbonyl (C=O) groups excluding carboxylic acids is 2. The molecule has 138 valence electrons. The van der Waals surface area contributed by atoms with Gasteiger partial charge >= 0.3 is 5.97 Å². The lowest BCUT2D eigenvalue weighted by Crippen LogP contribution is -2.31. The van der Waals surface area contributed by atoms with Gasteiger partial charge in [0.15, 0.2) is 0 Å². The molecule has 0 saturated heterocycles. The van der Waals surface area contributed by atoms with Crippen LogP contribution in [0.15, 0.2) is 60.1 Å². The third-order valence-corrected chi connectivity index (χ3v) is 4.69. The monoisotopic (exact) mass is 381 g/mol. The molecule has 0 aliphatic rings. The SMILES string of the molecule is CN(C)C(=O)[C@@H](OC(=O)Cc1csc(-c2ccccn2)n1)c1ccccc1. The maximum Gasteiger partial charge on any atom is 0.313 e. The molecule has 0 bridgehead atoms. The van der Waals surface area contributed by atoms with E-state index in [-0.39, 0.29) is 12.3 Å². The van der Waals surface area contributed by atoms with Gasteiger partial charge in [0.1, 0.15) is 5.01 Å². The lowest BCUT2D eigenvalue weighted by Gasteiger charge is -2.21. The Morgan fingerprint density at radius 2 is 1.85 bits per heavy atom. The minimum Gasteiger partial charge on any atom is -0.447 e. The smallest absolute Gasteiger partial charge is 0.313 e. The van der Waals surface area contributed by atoms with Crippen molar-refractivity contribution in [1.29, 1.82) is 0 Å². The number of hydrogen-bond acceptors (Lipinski definition) is 6. The van der Waals surface area contributed by atoms with Crippen LogP contribution in [0.5, 0.6) is 0 Å². The van der Waals surface area contributed by atoms with Gasteiger partial charge in [-0.2, -0.15) is 0 Å². The van der Waals surface area contributed by atoms with Gasteiger partial charge in [-0.05, 0) is 12.1 Å². The molecule has 0 aliphatic carbocycles. The molecule has 3 rings (SSSR count). The molecule has 27 heavy (non-hydrogen) atoms. The maximum atomic E-state index is 12.4. The van der Waals surface area contributed by atoms with Crippen LogP contribution in [0, 0.1) is 0 Å². The molecule has 0 fully saturated rings. The number of aromatic nitrogens is 2. The molecule has 1 atom stereocenters. The predicted molar refractivity (Wildman–Crippen MR) is 103 cm³/mol. The first-order chi connectivity index (χ1) is 13.0. The van der Waals surface area contributed by atoms with Crippen LogP contribution in [0.2, 0.25) is 0 Å². The Labute approximate surface area is 161 Å². The maximum absolute atomic E-state index is 12.4. The summed E-state index contributed by atoms with van der Waals surface area (Å²) in [5, 5.41) is 2.54. The van der Waals surface area contributed by atoms with Crippen LogP contribution in [-0.2, 0) is 20.7 Å². The van der Waals surface area contributed by atoms with E-state index in [4.69, 9.17) is 4.74 Å². The number of esters is 1. The molecule has 1 aromatic carbocycles. The van der Waals surface area contributed by atoms with Crippen LogP contribution in [0.25, 0.3) is 10.7 Å². The molecule has 6 nitrogen and oxygen atoms in total. The van der Waals surface area contributed by atoms with Crippen molar-refractivity contribution in [2.24, 2.45) is 0 Å². The predicted octanol–water partition coefficient (Wildman–Crippen LogP) is 3.12. The fraction of sp³-hybridized carbons (Fsp3) is 0.200. The molecule has 2 heterocycles. The molecule has 0 radical (unpaired) electrons. The highest BCUT2D eigenvalue weighted by Gasteiger charge is 2.26. The first-order valence-electron chi connectivity index (χ1n) is 8.36. The van der Waals surface area contributed by atoms with Gasteiger partial charge < -0.3 is 9.64 Å². The summed E-state index contributed by atoms with van der Waals surface area (Å²) < 4.78 is 5.50. The van der Waals surface area contributed by atoms with Crippen LogP contribution in [0.4, 0.5) is 0 Å². The lowest BCUT2D eigenvalue weighted by atomic mass is 10.1. The first kappa shape index (κ1) is 18.7. The molecule has 0 unspecified atom stereocenters. The lowest BCUT2D eigenvalue weighted by molar-refractivity contribution is -0.159. The van der Waals surface area contributed by atoms with E-state index in [1.807, 2.05) is 24.3 Å². The molecule has 3 aromatic rings. The highest BCUT2D eigenvalue weighted by Crippen LogP contribution is 2.23. The highest BCUT2D eigenvalue weighted by molar-refractivity contribution is 7.13. The Kier molecular flexibility index (Phi) is 5.93. The van der Waals surface area contributed by atoms with Crippen molar-refractivity contribution < 1.29 is 14.3 Å². The Morgan fingerprint density at radius 3 is 2.52 bits per heavy atom. The van der Waals surface area contributed by atoms with Crippen LogP contribution in [0.3, 0.4) is 0 Å². The third kappa shape index (κ3) is 4.77. The van der Waals surface area contributed by atoms with Gasteiger partial charge in [-0.25, -0.2) is 4.98 Å². The average molecular weight is 381 g/mol. The number of amides is 1. The van der Waals surface area contributed by atoms with Gasteiger partial charge in [-0.3, -0.25) is 14.6 Å². The number of pyridine rings is 1. The van der Waals surface area contributed by atoms with Gasteiger partial charge in [-0.1, -0.05) is 36.4 Å². The van der Waals surface area contributed by atoms with Gasteiger partial charge in [0.05, 0.1) is 17.8 Å². The van der Waals surface area contributed by atoms with E-state index in [1.54, 1.807) is 49.9 Å². The Morgan fingerprint density at radius 1 is 1.11 bits per heavy atom. The summed E-state index contributed by atoms with van der Waals surface area (Å²) >= 11 is 1.41. The van der Waals surface area contributed by atoms with Crippen molar-refractivity contribution in [2.75, 3.05) is 14.1 Å². The van der Waals surface area contributed by atoms with E-state index in [0.717, 1.165) is 10.7 Å². The number of likely N-dealkylation sites (N-methyl/N-ethyl adjacent to an activating group) is 1. The van der Waals surface area contributed by atoms with Crippen molar-refractivity contribution >= 4 is 23.2 Å². The molecular weight excluding hydrogens is 362 g/mol. The van der Waals surface area contributed by atoms with E-state index < -0.39 is 12.1 Å². The Balaban J connectivity index is 1.71. The van der Waals surface area contributed by atoms with Crippen molar-refractivity contribution in [3.63, 3.8) is 0 Å². The number of carbonyl (C=O) groups is 2. The molecule has 0 aliphatic heterocycles. The quantitative estimate of drug-likeness (QED) is 0.614. The largest absolute Gasteiger partial charge is 0.447 e. The summed E-state index contributed by atoms with van der Waals surface area (Å²) in [6, 6.07) is 14.6. The van der Waals surface area contributed by atoms with Crippen molar-refractivity contribution in [3.05, 3.63) is 71.4 Å². The van der Waals surface area contributed by atoms with Crippen molar-refractivity contribution in [3.8, 4) is 10.7 Å². The molecule has 0 saturated carbocycles. The van der Waals surface area contributed by atoms with Crippen LogP contribution in [-0.4, -0.2) is 40.8 Å². The summed E-state index contributed by atoms with van der Waals surface area (Å²) in [7, 11) is 3.26. The molecule has 2 aromatic heterocycles. The van der Waals surface area contributed by atoms with Crippen LogP contribution >= 0.6 is 11.3 Å². The van der Waals surface area contributed by atoms with Crippen LogP contribution < -0.4 is 0 Å². The number of rotatable bonds is 6.